The molecule has 0 radical (unpaired) electrons. The normalized spacial score (nSPS) is 10.6. The van der Waals surface area contributed by atoms with Gasteiger partial charge in [0.15, 0.2) is 0 Å². The van der Waals surface area contributed by atoms with Crippen LogP contribution in [0.15, 0.2) is 54.7 Å². The summed E-state index contributed by atoms with van der Waals surface area (Å²) >= 11 is 0. The fourth-order valence-electron chi connectivity index (χ4n) is 2.27. The van der Waals surface area contributed by atoms with Crippen molar-refractivity contribution < 1.29 is 4.79 Å². The first-order chi connectivity index (χ1) is 10.2. The highest BCUT2D eigenvalue weighted by Crippen LogP contribution is 2.17. The van der Waals surface area contributed by atoms with Crippen molar-refractivity contribution in [3.8, 4) is 5.69 Å². The minimum atomic E-state index is -0.0648. The fourth-order valence-corrected chi connectivity index (χ4v) is 2.27. The van der Waals surface area contributed by atoms with E-state index in [1.165, 1.54) is 6.20 Å². The van der Waals surface area contributed by atoms with Gasteiger partial charge < -0.3 is 0 Å². The lowest BCUT2D eigenvalue weighted by atomic mass is 10.0. The van der Waals surface area contributed by atoms with Crippen LogP contribution in [0.2, 0.25) is 0 Å². The predicted octanol–water partition coefficient (Wildman–Crippen LogP) is 3.12. The van der Waals surface area contributed by atoms with Crippen molar-refractivity contribution in [2.24, 2.45) is 0 Å². The van der Waals surface area contributed by atoms with Crippen LogP contribution in [-0.2, 0) is 0 Å². The van der Waals surface area contributed by atoms with E-state index < -0.39 is 0 Å². The SMILES string of the molecule is Cc1ccc(C)c(C(=O)c2cnnn2-c2ccccc2)c1. The van der Waals surface area contributed by atoms with Crippen molar-refractivity contribution in [1.29, 1.82) is 0 Å². The summed E-state index contributed by atoms with van der Waals surface area (Å²) in [6.07, 6.45) is 1.51. The summed E-state index contributed by atoms with van der Waals surface area (Å²) in [6.45, 7) is 3.91. The van der Waals surface area contributed by atoms with Gasteiger partial charge in [-0.3, -0.25) is 4.79 Å². The van der Waals surface area contributed by atoms with Crippen LogP contribution >= 0.6 is 0 Å². The van der Waals surface area contributed by atoms with Crippen molar-refractivity contribution in [1.82, 2.24) is 15.0 Å². The van der Waals surface area contributed by atoms with Crippen molar-refractivity contribution in [3.63, 3.8) is 0 Å². The fraction of sp³-hybridized carbons (Fsp3) is 0.118. The van der Waals surface area contributed by atoms with Crippen LogP contribution in [0.5, 0.6) is 0 Å². The highest BCUT2D eigenvalue weighted by molar-refractivity contribution is 6.09. The zero-order chi connectivity index (χ0) is 14.8. The Morgan fingerprint density at radius 1 is 1.05 bits per heavy atom. The van der Waals surface area contributed by atoms with E-state index in [4.69, 9.17) is 0 Å². The Balaban J connectivity index is 2.08. The van der Waals surface area contributed by atoms with E-state index in [-0.39, 0.29) is 5.78 Å². The van der Waals surface area contributed by atoms with Gasteiger partial charge in [-0.15, -0.1) is 5.10 Å². The molecule has 0 spiro atoms. The van der Waals surface area contributed by atoms with Gasteiger partial charge in [0.25, 0.3) is 0 Å². The van der Waals surface area contributed by atoms with E-state index in [2.05, 4.69) is 10.3 Å². The first-order valence-corrected chi connectivity index (χ1v) is 6.75. The summed E-state index contributed by atoms with van der Waals surface area (Å²) in [5, 5.41) is 7.92. The van der Waals surface area contributed by atoms with Crippen molar-refractivity contribution in [2.45, 2.75) is 13.8 Å². The number of aryl methyl sites for hydroxylation is 2. The second-order valence-electron chi connectivity index (χ2n) is 5.01. The molecule has 0 N–H and O–H groups in total. The molecule has 0 saturated heterocycles. The number of hydrogen-bond donors (Lipinski definition) is 0. The van der Waals surface area contributed by atoms with E-state index in [1.54, 1.807) is 4.68 Å². The lowest BCUT2D eigenvalue weighted by Crippen LogP contribution is -2.11. The van der Waals surface area contributed by atoms with Gasteiger partial charge in [-0.1, -0.05) is 41.1 Å². The number of rotatable bonds is 3. The van der Waals surface area contributed by atoms with Gasteiger partial charge in [-0.05, 0) is 37.6 Å². The molecule has 0 saturated carbocycles. The molecule has 104 valence electrons. The summed E-state index contributed by atoms with van der Waals surface area (Å²) < 4.78 is 1.57. The largest absolute Gasteiger partial charge is 0.287 e. The average Bonchev–Trinajstić information content (AvgIpc) is 2.99. The lowest BCUT2D eigenvalue weighted by molar-refractivity contribution is 0.103. The van der Waals surface area contributed by atoms with E-state index in [9.17, 15) is 4.79 Å². The number of carbonyl (C=O) groups excluding carboxylic acids is 1. The Hall–Kier alpha value is -2.75. The van der Waals surface area contributed by atoms with Crippen molar-refractivity contribution in [2.75, 3.05) is 0 Å². The molecule has 4 heteroatoms. The molecule has 0 bridgehead atoms. The third-order valence-corrected chi connectivity index (χ3v) is 3.42. The molecule has 2 aromatic carbocycles. The maximum absolute atomic E-state index is 12.8. The quantitative estimate of drug-likeness (QED) is 0.691. The molecule has 3 aromatic rings. The molecule has 21 heavy (non-hydrogen) atoms. The first kappa shape index (κ1) is 13.2. The number of para-hydroxylation sites is 1. The van der Waals surface area contributed by atoms with Crippen LogP contribution in [0.1, 0.15) is 27.2 Å². The Bertz CT molecular complexity index is 791. The van der Waals surface area contributed by atoms with Gasteiger partial charge in [-0.25, -0.2) is 4.68 Å². The summed E-state index contributed by atoms with van der Waals surface area (Å²) in [5.74, 6) is -0.0648. The number of hydrogen-bond acceptors (Lipinski definition) is 3. The third kappa shape index (κ3) is 2.48. The highest BCUT2D eigenvalue weighted by atomic mass is 16.1. The zero-order valence-corrected chi connectivity index (χ0v) is 11.9. The molecule has 0 atom stereocenters. The molecule has 0 unspecified atom stereocenters. The number of carbonyl (C=O) groups is 1. The number of nitrogens with zero attached hydrogens (tertiary/aromatic N) is 3. The van der Waals surface area contributed by atoms with E-state index in [1.807, 2.05) is 62.4 Å². The Morgan fingerprint density at radius 2 is 1.81 bits per heavy atom. The molecule has 0 aliphatic rings. The lowest BCUT2D eigenvalue weighted by Gasteiger charge is -2.08. The molecule has 4 nitrogen and oxygen atoms in total. The molecule has 1 heterocycles. The van der Waals surface area contributed by atoms with Crippen LogP contribution in [0, 0.1) is 13.8 Å². The minimum absolute atomic E-state index is 0.0648. The summed E-state index contributed by atoms with van der Waals surface area (Å²) in [6, 6.07) is 15.4. The van der Waals surface area contributed by atoms with Crippen LogP contribution in [0.4, 0.5) is 0 Å². The Kier molecular flexibility index (Phi) is 3.36. The number of aromatic nitrogens is 3. The van der Waals surface area contributed by atoms with Crippen LogP contribution in [0.25, 0.3) is 5.69 Å². The maximum Gasteiger partial charge on any atom is 0.213 e. The van der Waals surface area contributed by atoms with E-state index in [0.29, 0.717) is 11.3 Å². The van der Waals surface area contributed by atoms with E-state index >= 15 is 0 Å². The summed E-state index contributed by atoms with van der Waals surface area (Å²) in [5.41, 5.74) is 3.99. The van der Waals surface area contributed by atoms with Crippen molar-refractivity contribution >= 4 is 5.78 Å². The van der Waals surface area contributed by atoms with E-state index in [0.717, 1.165) is 16.8 Å². The van der Waals surface area contributed by atoms with Crippen molar-refractivity contribution in [3.05, 3.63) is 77.1 Å². The molecule has 1 aromatic heterocycles. The van der Waals surface area contributed by atoms with Gasteiger partial charge in [0.2, 0.25) is 5.78 Å². The molecule has 0 aliphatic carbocycles. The van der Waals surface area contributed by atoms with Gasteiger partial charge >= 0.3 is 0 Å². The molecule has 0 amide bonds. The third-order valence-electron chi connectivity index (χ3n) is 3.42. The molecule has 0 fully saturated rings. The summed E-state index contributed by atoms with van der Waals surface area (Å²) in [4.78, 5) is 12.8. The molecule has 0 aliphatic heterocycles. The molecular weight excluding hydrogens is 262 g/mol. The standard InChI is InChI=1S/C17H15N3O/c1-12-8-9-13(2)15(10-12)17(21)16-11-18-19-20(16)14-6-4-3-5-7-14/h3-11H,1-2H3. The number of benzene rings is 2. The highest BCUT2D eigenvalue weighted by Gasteiger charge is 2.18. The predicted molar refractivity (Wildman–Crippen MR) is 80.7 cm³/mol. The second kappa shape index (κ2) is 5.32. The van der Waals surface area contributed by atoms with Gasteiger partial charge in [-0.2, -0.15) is 0 Å². The van der Waals surface area contributed by atoms with Gasteiger partial charge in [0, 0.05) is 5.56 Å². The monoisotopic (exact) mass is 277 g/mol. The Labute approximate surface area is 123 Å². The summed E-state index contributed by atoms with van der Waals surface area (Å²) in [7, 11) is 0. The maximum atomic E-state index is 12.8. The first-order valence-electron chi connectivity index (χ1n) is 6.75. The van der Waals surface area contributed by atoms with Gasteiger partial charge in [0.05, 0.1) is 11.9 Å². The molecular formula is C17H15N3O. The Morgan fingerprint density at radius 3 is 2.57 bits per heavy atom. The second-order valence-corrected chi connectivity index (χ2v) is 5.01. The number of ketones is 1. The van der Waals surface area contributed by atoms with Gasteiger partial charge in [0.1, 0.15) is 5.69 Å². The van der Waals surface area contributed by atoms with Crippen LogP contribution in [0.3, 0.4) is 0 Å². The zero-order valence-electron chi connectivity index (χ0n) is 11.9. The topological polar surface area (TPSA) is 47.8 Å². The smallest absolute Gasteiger partial charge is 0.213 e. The minimum Gasteiger partial charge on any atom is -0.287 e. The molecule has 3 rings (SSSR count). The van der Waals surface area contributed by atoms with Crippen LogP contribution < -0.4 is 0 Å². The van der Waals surface area contributed by atoms with Crippen LogP contribution in [-0.4, -0.2) is 20.8 Å². The average molecular weight is 277 g/mol.